The van der Waals surface area contributed by atoms with Gasteiger partial charge in [-0.15, -0.1) is 0 Å². The molecular formula is C11H9ClN2O3. The average Bonchev–Trinajstić information content (AvgIpc) is 2.31. The second-order valence-electron chi connectivity index (χ2n) is 3.13. The summed E-state index contributed by atoms with van der Waals surface area (Å²) in [5.74, 6) is -2.64. The second kappa shape index (κ2) is 5.32. The molecule has 1 amide bonds. The highest BCUT2D eigenvalue weighted by Gasteiger charge is 2.23. The van der Waals surface area contributed by atoms with Crippen LogP contribution in [0.3, 0.4) is 0 Å². The molecule has 0 heterocycles. The predicted octanol–water partition coefficient (Wildman–Crippen LogP) is 1.65. The number of likely N-dealkylation sites (N-methyl/N-ethyl adjacent to an activating group) is 1. The largest absolute Gasteiger partial charge is 0.474 e. The van der Waals surface area contributed by atoms with E-state index < -0.39 is 11.9 Å². The molecule has 0 aliphatic rings. The number of nitriles is 1. The molecule has 5 nitrogen and oxygen atoms in total. The molecule has 0 atom stereocenters. The van der Waals surface area contributed by atoms with Gasteiger partial charge in [0, 0.05) is 11.6 Å². The van der Waals surface area contributed by atoms with Crippen LogP contribution in [0, 0.1) is 11.3 Å². The fourth-order valence-corrected chi connectivity index (χ4v) is 1.54. The summed E-state index contributed by atoms with van der Waals surface area (Å²) in [6, 6.07) is 6.20. The lowest BCUT2D eigenvalue weighted by molar-refractivity contribution is -0.148. The average molecular weight is 253 g/mol. The van der Waals surface area contributed by atoms with Crippen molar-refractivity contribution < 1.29 is 14.7 Å². The molecule has 0 saturated carbocycles. The summed E-state index contributed by atoms with van der Waals surface area (Å²) < 4.78 is 0. The molecule has 0 aliphatic heterocycles. The highest BCUT2D eigenvalue weighted by molar-refractivity contribution is 6.37. The Balaban J connectivity index is 3.26. The Hall–Kier alpha value is -2.06. The second-order valence-corrected chi connectivity index (χ2v) is 3.56. The van der Waals surface area contributed by atoms with E-state index in [0.717, 1.165) is 4.90 Å². The Morgan fingerprint density at radius 2 is 2.18 bits per heavy atom. The summed E-state index contributed by atoms with van der Waals surface area (Å²) in [4.78, 5) is 23.1. The minimum Gasteiger partial charge on any atom is -0.474 e. The van der Waals surface area contributed by atoms with E-state index in [1.165, 1.54) is 18.2 Å². The van der Waals surface area contributed by atoms with E-state index in [4.69, 9.17) is 22.0 Å². The molecule has 6 heteroatoms. The number of carbonyl (C=O) groups is 2. The molecular weight excluding hydrogens is 244 g/mol. The number of nitrogens with zero attached hydrogens (tertiary/aromatic N) is 2. The molecule has 1 aromatic carbocycles. The fourth-order valence-electron chi connectivity index (χ4n) is 1.37. The summed E-state index contributed by atoms with van der Waals surface area (Å²) in [5, 5.41) is 17.9. The van der Waals surface area contributed by atoms with Gasteiger partial charge in [-0.05, 0) is 25.1 Å². The van der Waals surface area contributed by atoms with Gasteiger partial charge >= 0.3 is 11.9 Å². The van der Waals surface area contributed by atoms with Crippen LogP contribution < -0.4 is 4.90 Å². The zero-order valence-corrected chi connectivity index (χ0v) is 9.73. The van der Waals surface area contributed by atoms with E-state index in [-0.39, 0.29) is 17.8 Å². The monoisotopic (exact) mass is 252 g/mol. The van der Waals surface area contributed by atoms with Crippen LogP contribution in [0.4, 0.5) is 5.69 Å². The first-order chi connectivity index (χ1) is 8.01. The minimum atomic E-state index is -1.56. The van der Waals surface area contributed by atoms with Gasteiger partial charge in [-0.25, -0.2) is 4.79 Å². The summed E-state index contributed by atoms with van der Waals surface area (Å²) in [6.07, 6.45) is 0. The first-order valence-corrected chi connectivity index (χ1v) is 5.13. The lowest BCUT2D eigenvalue weighted by Crippen LogP contribution is -2.36. The van der Waals surface area contributed by atoms with Crippen LogP contribution >= 0.6 is 11.6 Å². The third-order valence-corrected chi connectivity index (χ3v) is 2.35. The van der Waals surface area contributed by atoms with Crippen molar-refractivity contribution >= 4 is 29.2 Å². The first kappa shape index (κ1) is 13.0. The first-order valence-electron chi connectivity index (χ1n) is 4.75. The summed E-state index contributed by atoms with van der Waals surface area (Å²) in [5.41, 5.74) is 0.403. The van der Waals surface area contributed by atoms with Gasteiger partial charge in [0.15, 0.2) is 0 Å². The predicted molar refractivity (Wildman–Crippen MR) is 61.8 cm³/mol. The topological polar surface area (TPSA) is 81.4 Å². The number of halogens is 1. The van der Waals surface area contributed by atoms with Crippen LogP contribution in [0.2, 0.25) is 5.02 Å². The number of benzene rings is 1. The third-order valence-electron chi connectivity index (χ3n) is 2.11. The SMILES string of the molecule is CCN(C(=O)C(=O)O)c1ccc(Cl)cc1C#N. The van der Waals surface area contributed by atoms with Gasteiger partial charge in [0.2, 0.25) is 0 Å². The van der Waals surface area contributed by atoms with Gasteiger partial charge in [-0.2, -0.15) is 5.26 Å². The zero-order chi connectivity index (χ0) is 13.0. The van der Waals surface area contributed by atoms with Crippen molar-refractivity contribution in [1.82, 2.24) is 0 Å². The van der Waals surface area contributed by atoms with Crippen LogP contribution in [0.1, 0.15) is 12.5 Å². The summed E-state index contributed by atoms with van der Waals surface area (Å²) in [6.45, 7) is 1.78. The van der Waals surface area contributed by atoms with Gasteiger partial charge in [-0.1, -0.05) is 11.6 Å². The Bertz CT molecular complexity index is 508. The molecule has 0 aliphatic carbocycles. The van der Waals surface area contributed by atoms with Crippen molar-refractivity contribution in [2.75, 3.05) is 11.4 Å². The van der Waals surface area contributed by atoms with Crippen LogP contribution in [0.15, 0.2) is 18.2 Å². The normalized spacial score (nSPS) is 9.47. The molecule has 0 unspecified atom stereocenters. The number of anilines is 1. The van der Waals surface area contributed by atoms with Gasteiger partial charge in [0.25, 0.3) is 0 Å². The van der Waals surface area contributed by atoms with E-state index in [1.54, 1.807) is 6.92 Å². The number of carboxylic acids is 1. The molecule has 0 radical (unpaired) electrons. The van der Waals surface area contributed by atoms with E-state index >= 15 is 0 Å². The molecule has 0 bridgehead atoms. The van der Waals surface area contributed by atoms with E-state index in [9.17, 15) is 9.59 Å². The minimum absolute atomic E-state index is 0.154. The van der Waals surface area contributed by atoms with Crippen molar-refractivity contribution in [3.8, 4) is 6.07 Å². The van der Waals surface area contributed by atoms with Gasteiger partial charge in [0.1, 0.15) is 6.07 Å². The summed E-state index contributed by atoms with van der Waals surface area (Å²) >= 11 is 5.71. The van der Waals surface area contributed by atoms with E-state index in [2.05, 4.69) is 0 Å². The van der Waals surface area contributed by atoms with Crippen molar-refractivity contribution in [2.45, 2.75) is 6.92 Å². The smallest absolute Gasteiger partial charge is 0.394 e. The molecule has 1 N–H and O–H groups in total. The number of amides is 1. The van der Waals surface area contributed by atoms with Crippen LogP contribution in [-0.4, -0.2) is 23.5 Å². The van der Waals surface area contributed by atoms with Crippen molar-refractivity contribution in [3.05, 3.63) is 28.8 Å². The molecule has 1 aromatic rings. The number of aliphatic carboxylic acids is 1. The summed E-state index contributed by atoms with van der Waals surface area (Å²) in [7, 11) is 0. The van der Waals surface area contributed by atoms with Gasteiger partial charge < -0.3 is 10.0 Å². The highest BCUT2D eigenvalue weighted by atomic mass is 35.5. The number of hydrogen-bond acceptors (Lipinski definition) is 3. The van der Waals surface area contributed by atoms with Crippen molar-refractivity contribution in [3.63, 3.8) is 0 Å². The van der Waals surface area contributed by atoms with Crippen molar-refractivity contribution in [2.24, 2.45) is 0 Å². The van der Waals surface area contributed by atoms with E-state index in [1.807, 2.05) is 6.07 Å². The maximum Gasteiger partial charge on any atom is 0.394 e. The fraction of sp³-hybridized carbons (Fsp3) is 0.182. The molecule has 1 rings (SSSR count). The van der Waals surface area contributed by atoms with Crippen LogP contribution in [0.25, 0.3) is 0 Å². The molecule has 0 saturated heterocycles. The number of carboxylic acid groups (broad SMARTS) is 1. The van der Waals surface area contributed by atoms with Gasteiger partial charge in [0.05, 0.1) is 11.3 Å². The lowest BCUT2D eigenvalue weighted by Gasteiger charge is -2.19. The molecule has 0 spiro atoms. The van der Waals surface area contributed by atoms with E-state index in [0.29, 0.717) is 5.02 Å². The molecule has 0 fully saturated rings. The maximum atomic E-state index is 11.4. The van der Waals surface area contributed by atoms with Crippen molar-refractivity contribution in [1.29, 1.82) is 5.26 Å². The lowest BCUT2D eigenvalue weighted by atomic mass is 10.1. The maximum absolute atomic E-state index is 11.4. The zero-order valence-electron chi connectivity index (χ0n) is 8.98. The Morgan fingerprint density at radius 1 is 1.53 bits per heavy atom. The number of carbonyl (C=O) groups excluding carboxylic acids is 1. The standard InChI is InChI=1S/C11H9ClN2O3/c1-2-14(10(15)11(16)17)9-4-3-8(12)5-7(9)6-13/h3-5H,2H2,1H3,(H,16,17). The Kier molecular flexibility index (Phi) is 4.07. The highest BCUT2D eigenvalue weighted by Crippen LogP contribution is 2.23. The number of rotatable bonds is 2. The molecule has 0 aromatic heterocycles. The number of hydrogen-bond donors (Lipinski definition) is 1. The third kappa shape index (κ3) is 2.74. The van der Waals surface area contributed by atoms with Crippen LogP contribution in [0.5, 0.6) is 0 Å². The van der Waals surface area contributed by atoms with Gasteiger partial charge in [-0.3, -0.25) is 4.79 Å². The quantitative estimate of drug-likeness (QED) is 0.812. The molecule has 88 valence electrons. The Morgan fingerprint density at radius 3 is 2.65 bits per heavy atom. The Labute approximate surface area is 103 Å². The molecule has 17 heavy (non-hydrogen) atoms. The van der Waals surface area contributed by atoms with Crippen LogP contribution in [-0.2, 0) is 9.59 Å².